The van der Waals surface area contributed by atoms with Crippen LogP contribution in [-0.4, -0.2) is 82.1 Å². The molecule has 1 aromatic carbocycles. The summed E-state index contributed by atoms with van der Waals surface area (Å²) in [5, 5.41) is 4.30. The first-order chi connectivity index (χ1) is 13.6. The summed E-state index contributed by atoms with van der Waals surface area (Å²) in [6.45, 7) is 4.65. The highest BCUT2D eigenvalue weighted by atomic mass is 19.1. The van der Waals surface area contributed by atoms with Gasteiger partial charge in [-0.1, -0.05) is 6.07 Å². The molecule has 2 aliphatic rings. The Morgan fingerprint density at radius 1 is 0.964 bits per heavy atom. The van der Waals surface area contributed by atoms with E-state index >= 15 is 0 Å². The zero-order chi connectivity index (χ0) is 19.5. The minimum Gasteiger partial charge on any atom is -0.342 e. The van der Waals surface area contributed by atoms with Gasteiger partial charge >= 0.3 is 0 Å². The van der Waals surface area contributed by atoms with Gasteiger partial charge in [0, 0.05) is 45.5 Å². The van der Waals surface area contributed by atoms with Crippen LogP contribution in [0, 0.1) is 5.82 Å². The number of hydrogen-bond acceptors (Lipinski definition) is 4. The van der Waals surface area contributed by atoms with Crippen molar-refractivity contribution in [3.63, 3.8) is 0 Å². The van der Waals surface area contributed by atoms with Gasteiger partial charge in [-0.05, 0) is 37.1 Å². The fourth-order valence-corrected chi connectivity index (χ4v) is 3.73. The molecule has 0 aliphatic carbocycles. The van der Waals surface area contributed by atoms with Gasteiger partial charge in [0.15, 0.2) is 5.69 Å². The highest BCUT2D eigenvalue weighted by Crippen LogP contribution is 2.13. The monoisotopic (exact) mass is 385 g/mol. The Balaban J connectivity index is 1.32. The van der Waals surface area contributed by atoms with Gasteiger partial charge in [0.2, 0.25) is 5.91 Å². The number of piperazine rings is 1. The van der Waals surface area contributed by atoms with Crippen LogP contribution in [0.4, 0.5) is 4.39 Å². The van der Waals surface area contributed by atoms with Gasteiger partial charge in [0.25, 0.3) is 5.91 Å². The molecule has 4 rings (SSSR count). The van der Waals surface area contributed by atoms with E-state index in [1.807, 2.05) is 4.90 Å². The van der Waals surface area contributed by atoms with Crippen LogP contribution in [0.3, 0.4) is 0 Å². The normalized spacial score (nSPS) is 17.9. The van der Waals surface area contributed by atoms with Crippen molar-refractivity contribution >= 4 is 11.8 Å². The molecular weight excluding hydrogens is 361 g/mol. The molecule has 28 heavy (non-hydrogen) atoms. The molecule has 0 atom stereocenters. The van der Waals surface area contributed by atoms with Crippen molar-refractivity contribution in [1.29, 1.82) is 0 Å². The van der Waals surface area contributed by atoms with Crippen molar-refractivity contribution in [3.05, 3.63) is 48.0 Å². The molecule has 0 N–H and O–H groups in total. The third-order valence-corrected chi connectivity index (χ3v) is 5.36. The van der Waals surface area contributed by atoms with Gasteiger partial charge in [0.1, 0.15) is 5.82 Å². The van der Waals surface area contributed by atoms with Crippen molar-refractivity contribution in [2.24, 2.45) is 0 Å². The van der Waals surface area contributed by atoms with E-state index < -0.39 is 0 Å². The Hall–Kier alpha value is -2.74. The van der Waals surface area contributed by atoms with E-state index in [4.69, 9.17) is 0 Å². The Morgan fingerprint density at radius 2 is 1.71 bits per heavy atom. The lowest BCUT2D eigenvalue weighted by molar-refractivity contribution is -0.131. The number of benzene rings is 1. The molecule has 2 aromatic rings. The number of aromatic nitrogens is 2. The third-order valence-electron chi connectivity index (χ3n) is 5.36. The molecule has 0 bridgehead atoms. The second kappa shape index (κ2) is 8.10. The molecule has 0 saturated carbocycles. The van der Waals surface area contributed by atoms with Crippen LogP contribution in [0.1, 0.15) is 23.3 Å². The summed E-state index contributed by atoms with van der Waals surface area (Å²) in [5.74, 6) is -0.299. The molecule has 0 radical (unpaired) electrons. The van der Waals surface area contributed by atoms with E-state index in [0.29, 0.717) is 44.1 Å². The first-order valence-electron chi connectivity index (χ1n) is 9.71. The first kappa shape index (κ1) is 18.6. The molecule has 2 amide bonds. The average molecular weight is 385 g/mol. The Bertz CT molecular complexity index is 854. The summed E-state index contributed by atoms with van der Waals surface area (Å²) < 4.78 is 14.9. The number of carbonyl (C=O) groups excluding carboxylic acids is 2. The molecule has 2 saturated heterocycles. The fraction of sp³-hybridized carbons (Fsp3) is 0.450. The Morgan fingerprint density at radius 3 is 2.43 bits per heavy atom. The smallest absolute Gasteiger partial charge is 0.274 e. The third kappa shape index (κ3) is 4.06. The first-order valence-corrected chi connectivity index (χ1v) is 9.71. The maximum Gasteiger partial charge on any atom is 0.274 e. The van der Waals surface area contributed by atoms with Crippen molar-refractivity contribution in [2.45, 2.75) is 12.8 Å². The largest absolute Gasteiger partial charge is 0.342 e. The van der Waals surface area contributed by atoms with Crippen LogP contribution in [0.5, 0.6) is 0 Å². The van der Waals surface area contributed by atoms with Crippen LogP contribution >= 0.6 is 0 Å². The zero-order valence-electron chi connectivity index (χ0n) is 15.8. The number of amides is 2. The summed E-state index contributed by atoms with van der Waals surface area (Å²) in [6, 6.07) is 7.73. The molecule has 0 spiro atoms. The minimum absolute atomic E-state index is 0.138. The van der Waals surface area contributed by atoms with Crippen molar-refractivity contribution in [1.82, 2.24) is 24.5 Å². The standard InChI is InChI=1S/C20H24FN5O2/c21-16-4-3-5-17(14-16)26-9-6-18(22-26)20(28)25-12-10-23(11-13-25)15-19(27)24-7-1-2-8-24/h3-6,9,14H,1-2,7-8,10-13,15H2. The molecule has 2 aliphatic heterocycles. The average Bonchev–Trinajstić information content (AvgIpc) is 3.40. The second-order valence-electron chi connectivity index (χ2n) is 7.28. The zero-order valence-corrected chi connectivity index (χ0v) is 15.8. The highest BCUT2D eigenvalue weighted by molar-refractivity contribution is 5.92. The number of halogens is 1. The van der Waals surface area contributed by atoms with Crippen LogP contribution in [-0.2, 0) is 4.79 Å². The maximum absolute atomic E-state index is 13.4. The van der Waals surface area contributed by atoms with E-state index in [2.05, 4.69) is 10.00 Å². The van der Waals surface area contributed by atoms with Crippen molar-refractivity contribution < 1.29 is 14.0 Å². The predicted molar refractivity (Wildman–Crippen MR) is 102 cm³/mol. The number of hydrogen-bond donors (Lipinski definition) is 0. The molecule has 1 aromatic heterocycles. The van der Waals surface area contributed by atoms with Gasteiger partial charge in [0.05, 0.1) is 12.2 Å². The van der Waals surface area contributed by atoms with Crippen LogP contribution in [0.15, 0.2) is 36.5 Å². The fourth-order valence-electron chi connectivity index (χ4n) is 3.73. The molecular formula is C20H24FN5O2. The van der Waals surface area contributed by atoms with E-state index in [-0.39, 0.29) is 17.6 Å². The minimum atomic E-state index is -0.347. The Kier molecular flexibility index (Phi) is 5.38. The summed E-state index contributed by atoms with van der Waals surface area (Å²) in [5.41, 5.74) is 0.912. The highest BCUT2D eigenvalue weighted by Gasteiger charge is 2.26. The second-order valence-corrected chi connectivity index (χ2v) is 7.28. The lowest BCUT2D eigenvalue weighted by Gasteiger charge is -2.34. The predicted octanol–water partition coefficient (Wildman–Crippen LogP) is 1.39. The van der Waals surface area contributed by atoms with Gasteiger partial charge in [-0.2, -0.15) is 5.10 Å². The van der Waals surface area contributed by atoms with Crippen molar-refractivity contribution in [2.75, 3.05) is 45.8 Å². The van der Waals surface area contributed by atoms with Gasteiger partial charge in [-0.15, -0.1) is 0 Å². The van der Waals surface area contributed by atoms with E-state index in [1.165, 1.54) is 16.8 Å². The van der Waals surface area contributed by atoms with E-state index in [0.717, 1.165) is 25.9 Å². The van der Waals surface area contributed by atoms with Crippen LogP contribution in [0.2, 0.25) is 0 Å². The topological polar surface area (TPSA) is 61.7 Å². The quantitative estimate of drug-likeness (QED) is 0.798. The van der Waals surface area contributed by atoms with E-state index in [9.17, 15) is 14.0 Å². The lowest BCUT2D eigenvalue weighted by atomic mass is 10.2. The molecule has 3 heterocycles. The summed E-state index contributed by atoms with van der Waals surface area (Å²) >= 11 is 0. The summed E-state index contributed by atoms with van der Waals surface area (Å²) in [4.78, 5) is 30.8. The van der Waals surface area contributed by atoms with E-state index in [1.54, 1.807) is 29.3 Å². The van der Waals surface area contributed by atoms with Crippen LogP contribution in [0.25, 0.3) is 5.69 Å². The molecule has 8 heteroatoms. The number of nitrogens with zero attached hydrogens (tertiary/aromatic N) is 5. The lowest BCUT2D eigenvalue weighted by Crippen LogP contribution is -2.51. The molecule has 2 fully saturated rings. The summed E-state index contributed by atoms with van der Waals surface area (Å²) in [7, 11) is 0. The Labute approximate surface area is 163 Å². The molecule has 7 nitrogen and oxygen atoms in total. The number of likely N-dealkylation sites (tertiary alicyclic amines) is 1. The maximum atomic E-state index is 13.4. The molecule has 148 valence electrons. The number of carbonyl (C=O) groups is 2. The van der Waals surface area contributed by atoms with Crippen LogP contribution < -0.4 is 0 Å². The number of rotatable bonds is 4. The van der Waals surface area contributed by atoms with Gasteiger partial charge in [-0.25, -0.2) is 9.07 Å². The summed E-state index contributed by atoms with van der Waals surface area (Å²) in [6.07, 6.45) is 3.85. The van der Waals surface area contributed by atoms with Crippen molar-refractivity contribution in [3.8, 4) is 5.69 Å². The molecule has 0 unspecified atom stereocenters. The SMILES string of the molecule is O=C(CN1CCN(C(=O)c2ccn(-c3cccc(F)c3)n2)CC1)N1CCCC1. The van der Waals surface area contributed by atoms with Gasteiger partial charge < -0.3 is 9.80 Å². The van der Waals surface area contributed by atoms with Gasteiger partial charge in [-0.3, -0.25) is 14.5 Å².